The molecule has 104 valence electrons. The van der Waals surface area contributed by atoms with E-state index in [4.69, 9.17) is 16.3 Å². The van der Waals surface area contributed by atoms with Crippen LogP contribution in [-0.2, 0) is 4.74 Å². The van der Waals surface area contributed by atoms with Gasteiger partial charge in [0.05, 0.1) is 18.2 Å². The molecule has 0 bridgehead atoms. The van der Waals surface area contributed by atoms with Crippen molar-refractivity contribution in [3.8, 4) is 0 Å². The van der Waals surface area contributed by atoms with Gasteiger partial charge in [0.15, 0.2) is 5.78 Å². The van der Waals surface area contributed by atoms with Crippen molar-refractivity contribution < 1.29 is 9.53 Å². The van der Waals surface area contributed by atoms with Gasteiger partial charge in [0.2, 0.25) is 0 Å². The first-order valence-corrected chi connectivity index (χ1v) is 7.08. The van der Waals surface area contributed by atoms with Crippen molar-refractivity contribution in [1.29, 1.82) is 0 Å². The minimum Gasteiger partial charge on any atom is -0.380 e. The zero-order chi connectivity index (χ0) is 13.7. The Labute approximate surface area is 119 Å². The fourth-order valence-corrected chi connectivity index (χ4v) is 2.09. The van der Waals surface area contributed by atoms with Crippen LogP contribution in [0.1, 0.15) is 23.2 Å². The Balaban J connectivity index is 1.70. The first-order valence-electron chi connectivity index (χ1n) is 6.71. The smallest absolute Gasteiger partial charge is 0.178 e. The number of likely N-dealkylation sites (N-methyl/N-ethyl adjacent to an activating group) is 1. The lowest BCUT2D eigenvalue weighted by Gasteiger charge is -2.16. The van der Waals surface area contributed by atoms with Crippen molar-refractivity contribution in [3.05, 3.63) is 34.9 Å². The number of ketones is 1. The van der Waals surface area contributed by atoms with Crippen molar-refractivity contribution in [2.75, 3.05) is 33.4 Å². The second-order valence-corrected chi connectivity index (χ2v) is 5.57. The predicted molar refractivity (Wildman–Crippen MR) is 76.8 cm³/mol. The monoisotopic (exact) mass is 281 g/mol. The molecular formula is C15H20ClNO2. The van der Waals surface area contributed by atoms with E-state index in [0.29, 0.717) is 23.7 Å². The average molecular weight is 282 g/mol. The Morgan fingerprint density at radius 2 is 2.16 bits per heavy atom. The maximum atomic E-state index is 12.1. The molecule has 0 aliphatic heterocycles. The van der Waals surface area contributed by atoms with Gasteiger partial charge < -0.3 is 4.74 Å². The highest BCUT2D eigenvalue weighted by atomic mass is 35.5. The number of hydrogen-bond acceptors (Lipinski definition) is 3. The molecule has 1 aromatic carbocycles. The van der Waals surface area contributed by atoms with Crippen LogP contribution in [0.4, 0.5) is 0 Å². The highest BCUT2D eigenvalue weighted by Gasteiger charge is 2.21. The predicted octanol–water partition coefficient (Wildman–Crippen LogP) is 2.88. The Bertz CT molecular complexity index is 432. The zero-order valence-corrected chi connectivity index (χ0v) is 12.0. The maximum absolute atomic E-state index is 12.1. The van der Waals surface area contributed by atoms with Gasteiger partial charge in [-0.1, -0.05) is 23.7 Å². The number of carbonyl (C=O) groups is 1. The van der Waals surface area contributed by atoms with Gasteiger partial charge in [-0.3, -0.25) is 9.69 Å². The van der Waals surface area contributed by atoms with E-state index in [0.717, 1.165) is 19.1 Å². The third kappa shape index (κ3) is 4.94. The molecule has 1 fully saturated rings. The maximum Gasteiger partial charge on any atom is 0.178 e. The molecule has 0 atom stereocenters. The summed E-state index contributed by atoms with van der Waals surface area (Å²) in [6.45, 7) is 2.69. The number of hydrogen-bond donors (Lipinski definition) is 0. The van der Waals surface area contributed by atoms with E-state index in [-0.39, 0.29) is 5.78 Å². The van der Waals surface area contributed by atoms with Gasteiger partial charge >= 0.3 is 0 Å². The minimum atomic E-state index is 0.0512. The van der Waals surface area contributed by atoms with Gasteiger partial charge in [-0.2, -0.15) is 0 Å². The summed E-state index contributed by atoms with van der Waals surface area (Å²) in [7, 11) is 1.93. The van der Waals surface area contributed by atoms with Crippen molar-refractivity contribution >= 4 is 17.4 Å². The largest absolute Gasteiger partial charge is 0.380 e. The molecule has 4 heteroatoms. The molecule has 1 saturated carbocycles. The summed E-state index contributed by atoms with van der Waals surface area (Å²) < 4.78 is 5.56. The molecule has 3 nitrogen and oxygen atoms in total. The second-order valence-electron chi connectivity index (χ2n) is 5.16. The minimum absolute atomic E-state index is 0.0512. The molecule has 0 saturated heterocycles. The lowest BCUT2D eigenvalue weighted by molar-refractivity contribution is 0.0861. The van der Waals surface area contributed by atoms with Crippen molar-refractivity contribution in [1.82, 2.24) is 4.90 Å². The summed E-state index contributed by atoms with van der Waals surface area (Å²) in [5.74, 6) is 0.838. The number of rotatable bonds is 8. The van der Waals surface area contributed by atoms with E-state index in [1.807, 2.05) is 24.1 Å². The third-order valence-corrected chi connectivity index (χ3v) is 3.59. The summed E-state index contributed by atoms with van der Waals surface area (Å²) >= 11 is 6.01. The van der Waals surface area contributed by atoms with Crippen LogP contribution in [0, 0.1) is 5.92 Å². The molecule has 2 rings (SSSR count). The van der Waals surface area contributed by atoms with Crippen LogP contribution in [0.5, 0.6) is 0 Å². The fraction of sp³-hybridized carbons (Fsp3) is 0.533. The summed E-state index contributed by atoms with van der Waals surface area (Å²) in [5, 5.41) is 0.519. The van der Waals surface area contributed by atoms with Gasteiger partial charge in [-0.05, 0) is 37.9 Å². The molecular weight excluding hydrogens is 262 g/mol. The van der Waals surface area contributed by atoms with Gasteiger partial charge in [-0.15, -0.1) is 0 Å². The third-order valence-electron chi connectivity index (χ3n) is 3.26. The van der Waals surface area contributed by atoms with Crippen LogP contribution >= 0.6 is 11.6 Å². The van der Waals surface area contributed by atoms with E-state index < -0.39 is 0 Å². The Hall–Kier alpha value is -0.900. The van der Waals surface area contributed by atoms with E-state index in [1.165, 1.54) is 12.8 Å². The van der Waals surface area contributed by atoms with E-state index in [1.54, 1.807) is 12.1 Å². The summed E-state index contributed by atoms with van der Waals surface area (Å²) in [6.07, 6.45) is 2.61. The summed E-state index contributed by atoms with van der Waals surface area (Å²) in [5.41, 5.74) is 0.593. The Morgan fingerprint density at radius 1 is 1.42 bits per heavy atom. The molecule has 0 radical (unpaired) electrons. The Morgan fingerprint density at radius 3 is 2.84 bits per heavy atom. The summed E-state index contributed by atoms with van der Waals surface area (Å²) in [4.78, 5) is 14.0. The summed E-state index contributed by atoms with van der Waals surface area (Å²) in [6, 6.07) is 7.17. The van der Waals surface area contributed by atoms with E-state index >= 15 is 0 Å². The fourth-order valence-electron chi connectivity index (χ4n) is 1.85. The van der Waals surface area contributed by atoms with Crippen LogP contribution in [0.15, 0.2) is 24.3 Å². The normalized spacial score (nSPS) is 14.9. The van der Waals surface area contributed by atoms with Crippen LogP contribution in [0.3, 0.4) is 0 Å². The lowest BCUT2D eigenvalue weighted by atomic mass is 10.1. The molecule has 0 N–H and O–H groups in total. The molecule has 1 aliphatic carbocycles. The number of nitrogens with zero attached hydrogens (tertiary/aromatic N) is 1. The van der Waals surface area contributed by atoms with E-state index in [2.05, 4.69) is 0 Å². The van der Waals surface area contributed by atoms with Gasteiger partial charge in [0.1, 0.15) is 0 Å². The highest BCUT2D eigenvalue weighted by Crippen LogP contribution is 2.28. The highest BCUT2D eigenvalue weighted by molar-refractivity contribution is 6.34. The molecule has 0 aromatic heterocycles. The van der Waals surface area contributed by atoms with Crippen LogP contribution in [-0.4, -0.2) is 44.0 Å². The molecule has 0 unspecified atom stereocenters. The Kier molecular flexibility index (Phi) is 5.37. The molecule has 0 amide bonds. The van der Waals surface area contributed by atoms with Gasteiger partial charge in [0.25, 0.3) is 0 Å². The SMILES string of the molecule is CN(CCOCC1CC1)CC(=O)c1ccccc1Cl. The molecule has 0 heterocycles. The number of Topliss-reactive ketones (excluding diaryl/α,β-unsaturated/α-hetero) is 1. The quantitative estimate of drug-likeness (QED) is 0.542. The van der Waals surface area contributed by atoms with Crippen molar-refractivity contribution in [2.45, 2.75) is 12.8 Å². The van der Waals surface area contributed by atoms with E-state index in [9.17, 15) is 4.79 Å². The number of carbonyl (C=O) groups excluding carboxylic acids is 1. The lowest BCUT2D eigenvalue weighted by Crippen LogP contribution is -2.29. The average Bonchev–Trinajstić information content (AvgIpc) is 3.19. The van der Waals surface area contributed by atoms with Gasteiger partial charge in [0, 0.05) is 18.7 Å². The van der Waals surface area contributed by atoms with Crippen LogP contribution in [0.2, 0.25) is 5.02 Å². The molecule has 1 aromatic rings. The van der Waals surface area contributed by atoms with Crippen molar-refractivity contribution in [2.24, 2.45) is 5.92 Å². The molecule has 0 spiro atoms. The number of ether oxygens (including phenoxy) is 1. The number of benzene rings is 1. The van der Waals surface area contributed by atoms with Crippen molar-refractivity contribution in [3.63, 3.8) is 0 Å². The zero-order valence-electron chi connectivity index (χ0n) is 11.3. The molecule has 1 aliphatic rings. The molecule has 19 heavy (non-hydrogen) atoms. The van der Waals surface area contributed by atoms with Crippen LogP contribution < -0.4 is 0 Å². The number of halogens is 1. The first kappa shape index (κ1) is 14.5. The standard InChI is InChI=1S/C15H20ClNO2/c1-17(8-9-19-11-12-6-7-12)10-15(18)13-4-2-3-5-14(13)16/h2-5,12H,6-11H2,1H3. The first-order chi connectivity index (χ1) is 9.16. The van der Waals surface area contributed by atoms with Gasteiger partial charge in [-0.25, -0.2) is 0 Å². The topological polar surface area (TPSA) is 29.5 Å². The second kappa shape index (κ2) is 7.04. The van der Waals surface area contributed by atoms with Crippen LogP contribution in [0.25, 0.3) is 0 Å².